The lowest BCUT2D eigenvalue weighted by atomic mass is 9.90. The van der Waals surface area contributed by atoms with Gasteiger partial charge in [-0.15, -0.1) is 0 Å². The van der Waals surface area contributed by atoms with Gasteiger partial charge < -0.3 is 10.5 Å². The second-order valence-corrected chi connectivity index (χ2v) is 6.04. The summed E-state index contributed by atoms with van der Waals surface area (Å²) in [5.74, 6) is 1.23. The van der Waals surface area contributed by atoms with E-state index in [-0.39, 0.29) is 0 Å². The SMILES string of the molecule is COc1ccc(C2C(CN)CCCCN2C2CC2)cn1. The van der Waals surface area contributed by atoms with Gasteiger partial charge in [0, 0.05) is 24.3 Å². The molecule has 1 aliphatic carbocycles. The van der Waals surface area contributed by atoms with Crippen molar-refractivity contribution in [3.63, 3.8) is 0 Å². The minimum absolute atomic E-state index is 0.438. The number of methoxy groups -OCH3 is 1. The van der Waals surface area contributed by atoms with Crippen molar-refractivity contribution in [2.24, 2.45) is 11.7 Å². The van der Waals surface area contributed by atoms with Crippen LogP contribution in [0, 0.1) is 5.92 Å². The Morgan fingerprint density at radius 1 is 1.30 bits per heavy atom. The summed E-state index contributed by atoms with van der Waals surface area (Å²) in [6.07, 6.45) is 8.50. The van der Waals surface area contributed by atoms with Crippen LogP contribution in [0.5, 0.6) is 5.88 Å². The molecule has 2 heterocycles. The third kappa shape index (κ3) is 2.81. The molecule has 2 atom stereocenters. The maximum Gasteiger partial charge on any atom is 0.212 e. The Bertz CT molecular complexity index is 430. The minimum Gasteiger partial charge on any atom is -0.481 e. The van der Waals surface area contributed by atoms with Crippen molar-refractivity contribution >= 4 is 0 Å². The molecule has 2 aliphatic rings. The van der Waals surface area contributed by atoms with Gasteiger partial charge in [0.1, 0.15) is 0 Å². The molecule has 1 saturated carbocycles. The van der Waals surface area contributed by atoms with Crippen LogP contribution in [-0.4, -0.2) is 36.1 Å². The lowest BCUT2D eigenvalue weighted by Crippen LogP contribution is -2.37. The van der Waals surface area contributed by atoms with Crippen molar-refractivity contribution in [3.8, 4) is 5.88 Å². The second-order valence-electron chi connectivity index (χ2n) is 6.04. The predicted molar refractivity (Wildman–Crippen MR) is 79.7 cm³/mol. The third-order valence-electron chi connectivity index (χ3n) is 4.67. The number of nitrogens with two attached hydrogens (primary N) is 1. The molecule has 2 N–H and O–H groups in total. The average molecular weight is 275 g/mol. The molecule has 4 heteroatoms. The van der Waals surface area contributed by atoms with E-state index in [4.69, 9.17) is 10.5 Å². The summed E-state index contributed by atoms with van der Waals surface area (Å²) in [4.78, 5) is 7.08. The fraction of sp³-hybridized carbons (Fsp3) is 0.688. The average Bonchev–Trinajstić information content (AvgIpc) is 3.32. The van der Waals surface area contributed by atoms with E-state index in [1.54, 1.807) is 7.11 Å². The summed E-state index contributed by atoms with van der Waals surface area (Å²) < 4.78 is 5.17. The highest BCUT2D eigenvalue weighted by Crippen LogP contribution is 2.41. The molecule has 1 aliphatic heterocycles. The fourth-order valence-corrected chi connectivity index (χ4v) is 3.48. The second kappa shape index (κ2) is 6.10. The van der Waals surface area contributed by atoms with Gasteiger partial charge in [-0.3, -0.25) is 4.90 Å². The zero-order valence-electron chi connectivity index (χ0n) is 12.3. The number of ether oxygens (including phenoxy) is 1. The summed E-state index contributed by atoms with van der Waals surface area (Å²) in [5, 5.41) is 0. The Morgan fingerprint density at radius 3 is 2.75 bits per heavy atom. The summed E-state index contributed by atoms with van der Waals surface area (Å²) in [6.45, 7) is 1.97. The molecule has 3 rings (SSSR count). The van der Waals surface area contributed by atoms with E-state index in [9.17, 15) is 0 Å². The van der Waals surface area contributed by atoms with Crippen LogP contribution in [0.2, 0.25) is 0 Å². The topological polar surface area (TPSA) is 51.4 Å². The highest BCUT2D eigenvalue weighted by molar-refractivity contribution is 5.22. The van der Waals surface area contributed by atoms with E-state index >= 15 is 0 Å². The Balaban J connectivity index is 1.89. The molecule has 1 saturated heterocycles. The van der Waals surface area contributed by atoms with Gasteiger partial charge in [0.2, 0.25) is 5.88 Å². The largest absolute Gasteiger partial charge is 0.481 e. The highest BCUT2D eigenvalue weighted by atomic mass is 16.5. The fourth-order valence-electron chi connectivity index (χ4n) is 3.48. The number of pyridine rings is 1. The molecule has 0 bridgehead atoms. The first-order chi connectivity index (χ1) is 9.83. The molecule has 2 fully saturated rings. The van der Waals surface area contributed by atoms with Crippen LogP contribution in [-0.2, 0) is 0 Å². The van der Waals surface area contributed by atoms with E-state index in [0.717, 1.165) is 12.6 Å². The van der Waals surface area contributed by atoms with Gasteiger partial charge >= 0.3 is 0 Å². The van der Waals surface area contributed by atoms with E-state index in [2.05, 4.69) is 16.0 Å². The van der Waals surface area contributed by atoms with E-state index in [1.165, 1.54) is 44.2 Å². The number of rotatable bonds is 4. The van der Waals surface area contributed by atoms with Gasteiger partial charge in [-0.25, -0.2) is 4.98 Å². The van der Waals surface area contributed by atoms with Crippen molar-refractivity contribution in [2.75, 3.05) is 20.2 Å². The van der Waals surface area contributed by atoms with E-state index in [0.29, 0.717) is 17.8 Å². The highest BCUT2D eigenvalue weighted by Gasteiger charge is 2.38. The molecule has 1 aromatic heterocycles. The van der Waals surface area contributed by atoms with Gasteiger partial charge in [0.05, 0.1) is 7.11 Å². The van der Waals surface area contributed by atoms with Crippen molar-refractivity contribution in [2.45, 2.75) is 44.2 Å². The zero-order valence-corrected chi connectivity index (χ0v) is 12.3. The molecular formula is C16H25N3O. The summed E-state index contributed by atoms with van der Waals surface area (Å²) in [6, 6.07) is 5.35. The summed E-state index contributed by atoms with van der Waals surface area (Å²) >= 11 is 0. The van der Waals surface area contributed by atoms with E-state index in [1.807, 2.05) is 12.3 Å². The van der Waals surface area contributed by atoms with E-state index < -0.39 is 0 Å². The van der Waals surface area contributed by atoms with Gasteiger partial charge in [0.25, 0.3) is 0 Å². The molecule has 110 valence electrons. The molecule has 2 unspecified atom stereocenters. The summed E-state index contributed by atoms with van der Waals surface area (Å²) in [7, 11) is 1.66. The third-order valence-corrected chi connectivity index (χ3v) is 4.67. The first-order valence-electron chi connectivity index (χ1n) is 7.79. The van der Waals surface area contributed by atoms with Crippen molar-refractivity contribution in [1.29, 1.82) is 0 Å². The van der Waals surface area contributed by atoms with Crippen LogP contribution in [0.15, 0.2) is 18.3 Å². The van der Waals surface area contributed by atoms with Gasteiger partial charge in [-0.2, -0.15) is 0 Å². The van der Waals surface area contributed by atoms with Crippen LogP contribution >= 0.6 is 0 Å². The van der Waals surface area contributed by atoms with Crippen molar-refractivity contribution < 1.29 is 4.74 Å². The molecule has 4 nitrogen and oxygen atoms in total. The van der Waals surface area contributed by atoms with Crippen LogP contribution in [0.25, 0.3) is 0 Å². The molecule has 1 aromatic rings. The number of aromatic nitrogens is 1. The first-order valence-corrected chi connectivity index (χ1v) is 7.79. The molecule has 20 heavy (non-hydrogen) atoms. The van der Waals surface area contributed by atoms with Crippen molar-refractivity contribution in [1.82, 2.24) is 9.88 Å². The van der Waals surface area contributed by atoms with Crippen LogP contribution < -0.4 is 10.5 Å². The molecule has 0 amide bonds. The molecule has 0 radical (unpaired) electrons. The lowest BCUT2D eigenvalue weighted by Gasteiger charge is -2.35. The standard InChI is InChI=1S/C16H25N3O/c1-20-15-8-5-13(11-18-15)16-12(10-17)4-2-3-9-19(16)14-6-7-14/h5,8,11-12,14,16H,2-4,6-7,9-10,17H2,1H3. The number of hydrogen-bond donors (Lipinski definition) is 1. The molecular weight excluding hydrogens is 250 g/mol. The Morgan fingerprint density at radius 2 is 2.15 bits per heavy atom. The smallest absolute Gasteiger partial charge is 0.212 e. The normalized spacial score (nSPS) is 28.1. The maximum absolute atomic E-state index is 6.07. The van der Waals surface area contributed by atoms with Crippen LogP contribution in [0.1, 0.15) is 43.7 Å². The van der Waals surface area contributed by atoms with Gasteiger partial charge in [-0.1, -0.05) is 12.5 Å². The van der Waals surface area contributed by atoms with Crippen molar-refractivity contribution in [3.05, 3.63) is 23.9 Å². The predicted octanol–water partition coefficient (Wildman–Crippen LogP) is 2.35. The first kappa shape index (κ1) is 13.8. The quantitative estimate of drug-likeness (QED) is 0.916. The number of likely N-dealkylation sites (tertiary alicyclic amines) is 1. The molecule has 0 aromatic carbocycles. The number of nitrogens with zero attached hydrogens (tertiary/aromatic N) is 2. The summed E-state index contributed by atoms with van der Waals surface area (Å²) in [5.41, 5.74) is 7.37. The van der Waals surface area contributed by atoms with Gasteiger partial charge in [-0.05, 0) is 50.3 Å². The number of hydrogen-bond acceptors (Lipinski definition) is 4. The monoisotopic (exact) mass is 275 g/mol. The molecule has 0 spiro atoms. The van der Waals surface area contributed by atoms with Crippen LogP contribution in [0.4, 0.5) is 0 Å². The lowest BCUT2D eigenvalue weighted by molar-refractivity contribution is 0.149. The minimum atomic E-state index is 0.438. The maximum atomic E-state index is 6.07. The zero-order chi connectivity index (χ0) is 13.9. The Hall–Kier alpha value is -1.13. The Labute approximate surface area is 121 Å². The van der Waals surface area contributed by atoms with Gasteiger partial charge in [0.15, 0.2) is 0 Å². The Kier molecular flexibility index (Phi) is 4.22. The van der Waals surface area contributed by atoms with Crippen LogP contribution in [0.3, 0.4) is 0 Å².